The van der Waals surface area contributed by atoms with Gasteiger partial charge >= 0.3 is 0 Å². The van der Waals surface area contributed by atoms with E-state index in [1.807, 2.05) is 32.0 Å². The highest BCUT2D eigenvalue weighted by molar-refractivity contribution is 14.1. The fourth-order valence-corrected chi connectivity index (χ4v) is 3.03. The molecule has 0 bridgehead atoms. The number of benzene rings is 1. The van der Waals surface area contributed by atoms with Gasteiger partial charge in [0.1, 0.15) is 5.52 Å². The van der Waals surface area contributed by atoms with Gasteiger partial charge in [-0.25, -0.2) is 0 Å². The molecule has 21 heavy (non-hydrogen) atoms. The minimum atomic E-state index is -0.604. The average molecular weight is 419 g/mol. The van der Waals surface area contributed by atoms with Gasteiger partial charge in [-0.05, 0) is 61.6 Å². The average Bonchev–Trinajstić information content (AvgIpc) is 2.42. The van der Waals surface area contributed by atoms with Gasteiger partial charge in [0.15, 0.2) is 11.9 Å². The predicted molar refractivity (Wildman–Crippen MR) is 92.8 cm³/mol. The summed E-state index contributed by atoms with van der Waals surface area (Å²) in [4.78, 5) is 16.3. The molecule has 0 saturated heterocycles. The minimum Gasteiger partial charge on any atom is -0.477 e. The van der Waals surface area contributed by atoms with E-state index in [0.29, 0.717) is 16.3 Å². The van der Waals surface area contributed by atoms with E-state index in [2.05, 4.69) is 32.9 Å². The van der Waals surface area contributed by atoms with Gasteiger partial charge in [0.05, 0.1) is 8.59 Å². The van der Waals surface area contributed by atoms with E-state index in [1.165, 1.54) is 0 Å². The number of amides is 1. The van der Waals surface area contributed by atoms with Crippen LogP contribution in [-0.4, -0.2) is 23.0 Å². The molecule has 0 fully saturated rings. The zero-order valence-electron chi connectivity index (χ0n) is 12.0. The Kier molecular flexibility index (Phi) is 5.27. The van der Waals surface area contributed by atoms with E-state index >= 15 is 0 Å². The van der Waals surface area contributed by atoms with E-state index in [1.54, 1.807) is 13.1 Å². The van der Waals surface area contributed by atoms with Crippen LogP contribution in [-0.2, 0) is 4.79 Å². The maximum absolute atomic E-state index is 12.0. The highest BCUT2D eigenvalue weighted by Gasteiger charge is 2.19. The van der Waals surface area contributed by atoms with E-state index in [0.717, 1.165) is 8.96 Å². The molecule has 4 nitrogen and oxygen atoms in total. The number of nitrogens with one attached hydrogen (secondary N) is 1. The lowest BCUT2D eigenvalue weighted by atomic mass is 10.2. The van der Waals surface area contributed by atoms with Crippen molar-refractivity contribution in [2.75, 3.05) is 0 Å². The van der Waals surface area contributed by atoms with Crippen molar-refractivity contribution in [1.29, 1.82) is 0 Å². The van der Waals surface area contributed by atoms with Crippen molar-refractivity contribution in [3.63, 3.8) is 0 Å². The van der Waals surface area contributed by atoms with Crippen LogP contribution in [0.2, 0.25) is 5.02 Å². The summed E-state index contributed by atoms with van der Waals surface area (Å²) in [6.07, 6.45) is 1.08. The molecule has 1 atom stereocenters. The topological polar surface area (TPSA) is 51.2 Å². The molecule has 2 rings (SSSR count). The van der Waals surface area contributed by atoms with Gasteiger partial charge in [-0.3, -0.25) is 9.78 Å². The summed E-state index contributed by atoms with van der Waals surface area (Å²) in [5.74, 6) is 0.432. The number of hydrogen-bond acceptors (Lipinski definition) is 3. The molecule has 112 valence electrons. The van der Waals surface area contributed by atoms with Gasteiger partial charge in [0, 0.05) is 17.6 Å². The molecule has 2 aromatic rings. The van der Waals surface area contributed by atoms with Gasteiger partial charge in [-0.15, -0.1) is 0 Å². The third kappa shape index (κ3) is 3.77. The van der Waals surface area contributed by atoms with Crippen molar-refractivity contribution in [3.8, 4) is 5.75 Å². The number of aromatic nitrogens is 1. The van der Waals surface area contributed by atoms with Gasteiger partial charge < -0.3 is 10.1 Å². The predicted octanol–water partition coefficient (Wildman–Crippen LogP) is 3.78. The van der Waals surface area contributed by atoms with Crippen molar-refractivity contribution in [1.82, 2.24) is 10.3 Å². The molecule has 0 radical (unpaired) electrons. The molecule has 1 aromatic carbocycles. The molecule has 1 N–H and O–H groups in total. The highest BCUT2D eigenvalue weighted by Crippen LogP contribution is 2.35. The summed E-state index contributed by atoms with van der Waals surface area (Å²) in [6, 6.07) is 5.59. The number of nitrogens with zero attached hydrogens (tertiary/aromatic N) is 1. The Balaban J connectivity index is 2.36. The molecular weight excluding hydrogens is 403 g/mol. The minimum absolute atomic E-state index is 0.0720. The molecule has 1 aromatic heterocycles. The molecule has 0 aliphatic rings. The molecule has 1 heterocycles. The third-order valence-corrected chi connectivity index (χ3v) is 3.96. The molecule has 6 heteroatoms. The lowest BCUT2D eigenvalue weighted by Crippen LogP contribution is -2.40. The Morgan fingerprint density at radius 2 is 2.14 bits per heavy atom. The number of rotatable bonds is 4. The Bertz CT molecular complexity index is 676. The summed E-state index contributed by atoms with van der Waals surface area (Å²) in [5.41, 5.74) is 0.665. The summed E-state index contributed by atoms with van der Waals surface area (Å²) < 4.78 is 6.66. The monoisotopic (exact) mass is 418 g/mol. The van der Waals surface area contributed by atoms with Crippen LogP contribution in [0.15, 0.2) is 24.4 Å². The van der Waals surface area contributed by atoms with Crippen LogP contribution in [0.1, 0.15) is 20.8 Å². The number of hydrogen-bond donors (Lipinski definition) is 1. The van der Waals surface area contributed by atoms with Crippen LogP contribution in [0.4, 0.5) is 0 Å². The first-order valence-electron chi connectivity index (χ1n) is 6.60. The second-order valence-electron chi connectivity index (χ2n) is 4.99. The molecule has 0 saturated carbocycles. The quantitative estimate of drug-likeness (QED) is 0.769. The van der Waals surface area contributed by atoms with Crippen LogP contribution < -0.4 is 10.1 Å². The molecule has 0 aliphatic heterocycles. The fraction of sp³-hybridized carbons (Fsp3) is 0.333. The Morgan fingerprint density at radius 1 is 1.43 bits per heavy atom. The van der Waals surface area contributed by atoms with Crippen molar-refractivity contribution < 1.29 is 9.53 Å². The molecule has 0 spiro atoms. The van der Waals surface area contributed by atoms with E-state index in [9.17, 15) is 4.79 Å². The molecule has 1 unspecified atom stereocenters. The standard InChI is InChI=1S/C15H16ClIN2O2/c1-8(2)19-15(20)9(3)21-14-12(17)7-11(16)10-5-4-6-18-13(10)14/h4-9H,1-3H3,(H,19,20). The summed E-state index contributed by atoms with van der Waals surface area (Å²) >= 11 is 8.36. The maximum Gasteiger partial charge on any atom is 0.260 e. The second kappa shape index (κ2) is 6.79. The van der Waals surface area contributed by atoms with E-state index < -0.39 is 6.10 Å². The van der Waals surface area contributed by atoms with Gasteiger partial charge in [-0.2, -0.15) is 0 Å². The number of halogens is 2. The molecular formula is C15H16ClIN2O2. The molecule has 1 amide bonds. The maximum atomic E-state index is 12.0. The third-order valence-electron chi connectivity index (χ3n) is 2.85. The van der Waals surface area contributed by atoms with Gasteiger partial charge in [-0.1, -0.05) is 11.6 Å². The zero-order valence-corrected chi connectivity index (χ0v) is 14.9. The van der Waals surface area contributed by atoms with Crippen molar-refractivity contribution in [3.05, 3.63) is 33.0 Å². The van der Waals surface area contributed by atoms with Crippen LogP contribution in [0.5, 0.6) is 5.75 Å². The number of pyridine rings is 1. The van der Waals surface area contributed by atoms with Crippen molar-refractivity contribution in [2.24, 2.45) is 0 Å². The number of fused-ring (bicyclic) bond motifs is 1. The number of ether oxygens (including phenoxy) is 1. The lowest BCUT2D eigenvalue weighted by molar-refractivity contribution is -0.127. The lowest BCUT2D eigenvalue weighted by Gasteiger charge is -2.18. The van der Waals surface area contributed by atoms with Crippen LogP contribution in [0.25, 0.3) is 10.9 Å². The Hall–Kier alpha value is -1.08. The normalized spacial score (nSPS) is 12.5. The summed E-state index contributed by atoms with van der Waals surface area (Å²) in [7, 11) is 0. The summed E-state index contributed by atoms with van der Waals surface area (Å²) in [5, 5.41) is 4.26. The number of carbonyl (C=O) groups excluding carboxylic acids is 1. The first kappa shape index (κ1) is 16.3. The van der Waals surface area contributed by atoms with E-state index in [-0.39, 0.29) is 11.9 Å². The van der Waals surface area contributed by atoms with Crippen LogP contribution in [0.3, 0.4) is 0 Å². The van der Waals surface area contributed by atoms with Crippen LogP contribution in [0, 0.1) is 3.57 Å². The van der Waals surface area contributed by atoms with E-state index in [4.69, 9.17) is 16.3 Å². The van der Waals surface area contributed by atoms with Crippen molar-refractivity contribution >= 4 is 51.0 Å². The van der Waals surface area contributed by atoms with Gasteiger partial charge in [0.25, 0.3) is 5.91 Å². The highest BCUT2D eigenvalue weighted by atomic mass is 127. The largest absolute Gasteiger partial charge is 0.477 e. The second-order valence-corrected chi connectivity index (χ2v) is 6.56. The first-order valence-corrected chi connectivity index (χ1v) is 8.05. The zero-order chi connectivity index (χ0) is 15.6. The SMILES string of the molecule is CC(C)NC(=O)C(C)Oc1c(I)cc(Cl)c2cccnc12. The Morgan fingerprint density at radius 3 is 2.81 bits per heavy atom. The molecule has 0 aliphatic carbocycles. The smallest absolute Gasteiger partial charge is 0.260 e. The fourth-order valence-electron chi connectivity index (χ4n) is 1.89. The number of carbonyl (C=O) groups is 1. The Labute approximate surface area is 142 Å². The van der Waals surface area contributed by atoms with Crippen LogP contribution >= 0.6 is 34.2 Å². The van der Waals surface area contributed by atoms with Crippen molar-refractivity contribution in [2.45, 2.75) is 32.9 Å². The first-order chi connectivity index (χ1) is 9.90. The van der Waals surface area contributed by atoms with Gasteiger partial charge in [0.2, 0.25) is 0 Å². The summed E-state index contributed by atoms with van der Waals surface area (Å²) in [6.45, 7) is 5.54.